The van der Waals surface area contributed by atoms with Crippen molar-refractivity contribution in [2.75, 3.05) is 7.11 Å². The number of ether oxygens (including phenoxy) is 2. The van der Waals surface area contributed by atoms with E-state index in [0.29, 0.717) is 11.1 Å². The molecule has 28 heavy (non-hydrogen) atoms. The Balaban J connectivity index is 1.77. The summed E-state index contributed by atoms with van der Waals surface area (Å²) in [6.07, 6.45) is 0. The van der Waals surface area contributed by atoms with Crippen LogP contribution in [0.1, 0.15) is 11.1 Å². The van der Waals surface area contributed by atoms with Crippen molar-refractivity contribution in [1.82, 2.24) is 9.80 Å². The zero-order valence-electron chi connectivity index (χ0n) is 14.8. The van der Waals surface area contributed by atoms with Gasteiger partial charge in [-0.2, -0.15) is 8.78 Å². The molecule has 1 heterocycles. The van der Waals surface area contributed by atoms with Gasteiger partial charge in [0.25, 0.3) is 0 Å². The largest absolute Gasteiger partial charge is 0.493 e. The molecule has 0 aliphatic carbocycles. The van der Waals surface area contributed by atoms with Gasteiger partial charge < -0.3 is 9.47 Å². The second-order valence-corrected chi connectivity index (χ2v) is 5.91. The minimum Gasteiger partial charge on any atom is -0.493 e. The molecule has 2 aromatic rings. The van der Waals surface area contributed by atoms with E-state index < -0.39 is 24.5 Å². The van der Waals surface area contributed by atoms with Crippen LogP contribution in [-0.2, 0) is 22.7 Å². The Morgan fingerprint density at radius 2 is 1.46 bits per heavy atom. The number of halogens is 2. The average Bonchev–Trinajstić information content (AvgIpc) is 2.87. The number of amides is 4. The number of methoxy groups -OCH3 is 1. The molecule has 0 unspecified atom stereocenters. The van der Waals surface area contributed by atoms with E-state index >= 15 is 0 Å². The first kappa shape index (κ1) is 19.3. The lowest BCUT2D eigenvalue weighted by molar-refractivity contribution is -0.143. The summed E-state index contributed by atoms with van der Waals surface area (Å²) in [5.74, 6) is -2.03. The molecule has 0 aromatic heterocycles. The number of imide groups is 2. The standard InChI is InChI=1S/C19H16F2N2O5/c1-27-15-9-13(7-8-14(15)28-18(20)21)11-23-17(25)16(24)22(19(23)26)10-12-5-3-2-4-6-12/h2-9,18H,10-11H2,1H3. The molecule has 0 radical (unpaired) electrons. The number of urea groups is 1. The topological polar surface area (TPSA) is 76.2 Å². The molecule has 0 N–H and O–H groups in total. The number of rotatable bonds is 7. The smallest absolute Gasteiger partial charge is 0.387 e. The fourth-order valence-corrected chi connectivity index (χ4v) is 2.78. The molecule has 146 valence electrons. The highest BCUT2D eigenvalue weighted by Gasteiger charge is 2.44. The molecule has 0 bridgehead atoms. The molecule has 0 spiro atoms. The third-order valence-corrected chi connectivity index (χ3v) is 4.10. The van der Waals surface area contributed by atoms with Crippen LogP contribution >= 0.6 is 0 Å². The van der Waals surface area contributed by atoms with Crippen LogP contribution in [-0.4, -0.2) is 41.4 Å². The van der Waals surface area contributed by atoms with E-state index in [2.05, 4.69) is 4.74 Å². The Morgan fingerprint density at radius 3 is 2.04 bits per heavy atom. The van der Waals surface area contributed by atoms with Gasteiger partial charge in [-0.25, -0.2) is 4.79 Å². The van der Waals surface area contributed by atoms with Crippen LogP contribution in [0.3, 0.4) is 0 Å². The van der Waals surface area contributed by atoms with Gasteiger partial charge in [-0.15, -0.1) is 0 Å². The predicted molar refractivity (Wildman–Crippen MR) is 92.6 cm³/mol. The molecule has 3 rings (SSSR count). The van der Waals surface area contributed by atoms with Gasteiger partial charge in [0.1, 0.15) is 0 Å². The molecular weight excluding hydrogens is 374 g/mol. The second kappa shape index (κ2) is 8.03. The van der Waals surface area contributed by atoms with Crippen molar-refractivity contribution in [2.45, 2.75) is 19.7 Å². The van der Waals surface area contributed by atoms with E-state index in [1.165, 1.54) is 25.3 Å². The van der Waals surface area contributed by atoms with E-state index in [1.807, 2.05) is 0 Å². The highest BCUT2D eigenvalue weighted by Crippen LogP contribution is 2.30. The first-order valence-electron chi connectivity index (χ1n) is 8.23. The average molecular weight is 390 g/mol. The number of carbonyl (C=O) groups excluding carboxylic acids is 3. The quantitative estimate of drug-likeness (QED) is 0.537. The van der Waals surface area contributed by atoms with Crippen LogP contribution in [0.5, 0.6) is 11.5 Å². The molecule has 1 aliphatic rings. The molecule has 7 nitrogen and oxygen atoms in total. The van der Waals surface area contributed by atoms with Crippen molar-refractivity contribution >= 4 is 17.8 Å². The minimum absolute atomic E-state index is 0.0179. The van der Waals surface area contributed by atoms with Gasteiger partial charge >= 0.3 is 24.5 Å². The van der Waals surface area contributed by atoms with Crippen LogP contribution in [0, 0.1) is 0 Å². The first-order valence-corrected chi connectivity index (χ1v) is 8.23. The molecule has 1 aliphatic heterocycles. The summed E-state index contributed by atoms with van der Waals surface area (Å²) < 4.78 is 34.2. The minimum atomic E-state index is -3.02. The number of hydrogen-bond acceptors (Lipinski definition) is 5. The highest BCUT2D eigenvalue weighted by atomic mass is 19.3. The molecule has 9 heteroatoms. The lowest BCUT2D eigenvalue weighted by Crippen LogP contribution is -2.32. The normalized spacial score (nSPS) is 14.2. The maximum Gasteiger partial charge on any atom is 0.387 e. The van der Waals surface area contributed by atoms with Crippen molar-refractivity contribution in [3.8, 4) is 11.5 Å². The van der Waals surface area contributed by atoms with Crippen LogP contribution in [0.2, 0.25) is 0 Å². The summed E-state index contributed by atoms with van der Waals surface area (Å²) in [6, 6.07) is 12.1. The van der Waals surface area contributed by atoms with E-state index in [9.17, 15) is 23.2 Å². The second-order valence-electron chi connectivity index (χ2n) is 5.91. The Bertz CT molecular complexity index is 904. The van der Waals surface area contributed by atoms with Crippen molar-refractivity contribution in [1.29, 1.82) is 0 Å². The zero-order chi connectivity index (χ0) is 20.3. The van der Waals surface area contributed by atoms with Gasteiger partial charge in [-0.05, 0) is 23.3 Å². The van der Waals surface area contributed by atoms with Crippen LogP contribution in [0.25, 0.3) is 0 Å². The molecule has 2 aromatic carbocycles. The van der Waals surface area contributed by atoms with E-state index in [4.69, 9.17) is 4.74 Å². The zero-order valence-corrected chi connectivity index (χ0v) is 14.8. The Morgan fingerprint density at radius 1 is 0.857 bits per heavy atom. The lowest BCUT2D eigenvalue weighted by Gasteiger charge is -2.17. The van der Waals surface area contributed by atoms with E-state index in [0.717, 1.165) is 9.80 Å². The predicted octanol–water partition coefficient (Wildman–Crippen LogP) is 2.79. The number of alkyl halides is 2. The fraction of sp³-hybridized carbons (Fsp3) is 0.211. The van der Waals surface area contributed by atoms with Crippen molar-refractivity contribution < 1.29 is 32.6 Å². The third kappa shape index (κ3) is 3.93. The molecule has 0 atom stereocenters. The van der Waals surface area contributed by atoms with Crippen molar-refractivity contribution in [3.05, 3.63) is 59.7 Å². The van der Waals surface area contributed by atoms with Gasteiger partial charge in [0.2, 0.25) is 0 Å². The first-order chi connectivity index (χ1) is 13.4. The van der Waals surface area contributed by atoms with Gasteiger partial charge in [-0.1, -0.05) is 36.4 Å². The maximum absolute atomic E-state index is 12.6. The summed E-state index contributed by atoms with van der Waals surface area (Å²) in [6.45, 7) is -3.25. The van der Waals surface area contributed by atoms with Crippen LogP contribution in [0.15, 0.2) is 48.5 Å². The number of hydrogen-bond donors (Lipinski definition) is 0. The fourth-order valence-electron chi connectivity index (χ4n) is 2.78. The summed E-state index contributed by atoms with van der Waals surface area (Å²) in [5, 5.41) is 0. The summed E-state index contributed by atoms with van der Waals surface area (Å²) in [4.78, 5) is 38.7. The summed E-state index contributed by atoms with van der Waals surface area (Å²) >= 11 is 0. The number of carbonyl (C=O) groups is 3. The summed E-state index contributed by atoms with van der Waals surface area (Å²) in [5.41, 5.74) is 1.11. The van der Waals surface area contributed by atoms with Gasteiger partial charge in [-0.3, -0.25) is 19.4 Å². The molecule has 1 saturated heterocycles. The molecule has 0 saturated carbocycles. The number of nitrogens with zero attached hydrogens (tertiary/aromatic N) is 2. The van der Waals surface area contributed by atoms with E-state index in [-0.39, 0.29) is 24.6 Å². The highest BCUT2D eigenvalue weighted by molar-refractivity contribution is 6.44. The van der Waals surface area contributed by atoms with E-state index in [1.54, 1.807) is 30.3 Å². The Hall–Kier alpha value is -3.49. The maximum atomic E-state index is 12.6. The van der Waals surface area contributed by atoms with Crippen LogP contribution < -0.4 is 9.47 Å². The molecule has 4 amide bonds. The van der Waals surface area contributed by atoms with Gasteiger partial charge in [0.05, 0.1) is 20.2 Å². The monoisotopic (exact) mass is 390 g/mol. The lowest BCUT2D eigenvalue weighted by atomic mass is 10.2. The van der Waals surface area contributed by atoms with Crippen LogP contribution in [0.4, 0.5) is 13.6 Å². The Labute approximate surface area is 159 Å². The number of benzene rings is 2. The molecule has 1 fully saturated rings. The summed E-state index contributed by atoms with van der Waals surface area (Å²) in [7, 11) is 1.27. The Kier molecular flexibility index (Phi) is 5.53. The molecular formula is C19H16F2N2O5. The van der Waals surface area contributed by atoms with Crippen molar-refractivity contribution in [3.63, 3.8) is 0 Å². The SMILES string of the molecule is COc1cc(CN2C(=O)C(=O)N(Cc3ccccc3)C2=O)ccc1OC(F)F. The van der Waals surface area contributed by atoms with Crippen molar-refractivity contribution in [2.24, 2.45) is 0 Å². The third-order valence-electron chi connectivity index (χ3n) is 4.10. The van der Waals surface area contributed by atoms with Gasteiger partial charge in [0, 0.05) is 0 Å². The van der Waals surface area contributed by atoms with Gasteiger partial charge in [0.15, 0.2) is 11.5 Å².